The van der Waals surface area contributed by atoms with E-state index in [0.717, 1.165) is 37.8 Å². The number of nitrogen functional groups attached to an aromatic ring is 1. The Balaban J connectivity index is 1.45. The van der Waals surface area contributed by atoms with Crippen molar-refractivity contribution in [3.05, 3.63) is 58.6 Å². The number of fused-ring (bicyclic) bond motifs is 1. The lowest BCUT2D eigenvalue weighted by atomic mass is 10.2. The molecule has 0 amide bonds. The summed E-state index contributed by atoms with van der Waals surface area (Å²) in [4.78, 5) is 21.2. The molecule has 0 aliphatic carbocycles. The Morgan fingerprint density at radius 3 is 2.47 bits per heavy atom. The fraction of sp³-hybridized carbons (Fsp3) is 0.364. The quantitative estimate of drug-likeness (QED) is 0.497. The maximum Gasteiger partial charge on any atom is 0.261 e. The summed E-state index contributed by atoms with van der Waals surface area (Å²) < 4.78 is 9.26. The summed E-state index contributed by atoms with van der Waals surface area (Å²) >= 11 is 1.77. The van der Waals surface area contributed by atoms with Crippen LogP contribution in [0.4, 0.5) is 5.69 Å². The largest absolute Gasteiger partial charge is 0.497 e. The Kier molecular flexibility index (Phi) is 5.99. The molecule has 2 heterocycles. The van der Waals surface area contributed by atoms with Gasteiger partial charge in [-0.1, -0.05) is 0 Å². The molecule has 1 unspecified atom stereocenters. The number of rotatable bonds is 5. The number of hydrogen-bond donors (Lipinski definition) is 1. The van der Waals surface area contributed by atoms with Gasteiger partial charge < -0.3 is 10.5 Å². The zero-order valence-electron chi connectivity index (χ0n) is 17.5. The van der Waals surface area contributed by atoms with E-state index in [1.807, 2.05) is 18.2 Å². The van der Waals surface area contributed by atoms with E-state index in [-0.39, 0.29) is 11.6 Å². The summed E-state index contributed by atoms with van der Waals surface area (Å²) in [7, 11) is 3.47. The summed E-state index contributed by atoms with van der Waals surface area (Å²) in [5.41, 5.74) is 7.06. The minimum atomic E-state index is -0.0529. The van der Waals surface area contributed by atoms with Crippen LogP contribution in [0.2, 0.25) is 0 Å². The van der Waals surface area contributed by atoms with Crippen LogP contribution in [-0.4, -0.2) is 52.0 Å². The van der Waals surface area contributed by atoms with Gasteiger partial charge in [-0.15, -0.1) is 0 Å². The van der Waals surface area contributed by atoms with Crippen LogP contribution in [0.25, 0.3) is 10.9 Å². The van der Waals surface area contributed by atoms with Crippen molar-refractivity contribution in [3.8, 4) is 5.75 Å². The van der Waals surface area contributed by atoms with E-state index in [0.29, 0.717) is 16.6 Å². The molecule has 1 fully saturated rings. The average Bonchev–Trinajstić information content (AvgIpc) is 2.77. The summed E-state index contributed by atoms with van der Waals surface area (Å²) in [6.45, 7) is 5.84. The van der Waals surface area contributed by atoms with Crippen LogP contribution >= 0.6 is 11.9 Å². The smallest absolute Gasteiger partial charge is 0.261 e. The molecule has 30 heavy (non-hydrogen) atoms. The highest BCUT2D eigenvalue weighted by Gasteiger charge is 2.25. The molecule has 0 bridgehead atoms. The zero-order valence-corrected chi connectivity index (χ0v) is 18.4. The molecule has 3 aromatic rings. The van der Waals surface area contributed by atoms with Crippen LogP contribution < -0.4 is 16.0 Å². The third-order valence-electron chi connectivity index (χ3n) is 5.62. The van der Waals surface area contributed by atoms with E-state index in [9.17, 15) is 4.79 Å². The van der Waals surface area contributed by atoms with Crippen LogP contribution in [-0.2, 0) is 7.05 Å². The Labute approximate surface area is 180 Å². The minimum Gasteiger partial charge on any atom is -0.497 e. The summed E-state index contributed by atoms with van der Waals surface area (Å²) in [5, 5.41) is 0.564. The first-order valence-corrected chi connectivity index (χ1v) is 10.8. The summed E-state index contributed by atoms with van der Waals surface area (Å²) in [5.74, 6) is 1.66. The van der Waals surface area contributed by atoms with Crippen molar-refractivity contribution in [2.24, 2.45) is 7.05 Å². The van der Waals surface area contributed by atoms with Crippen molar-refractivity contribution >= 4 is 28.5 Å². The highest BCUT2D eigenvalue weighted by atomic mass is 32.2. The lowest BCUT2D eigenvalue weighted by Crippen LogP contribution is -2.45. The van der Waals surface area contributed by atoms with E-state index in [2.05, 4.69) is 28.3 Å². The molecule has 0 saturated carbocycles. The first-order valence-electron chi connectivity index (χ1n) is 10.0. The Bertz CT molecular complexity index is 1090. The lowest BCUT2D eigenvalue weighted by molar-refractivity contribution is 0.144. The maximum atomic E-state index is 12.8. The Morgan fingerprint density at radius 1 is 1.10 bits per heavy atom. The molecule has 1 saturated heterocycles. The van der Waals surface area contributed by atoms with E-state index in [4.69, 9.17) is 15.5 Å². The number of nitrogens with two attached hydrogens (primary N) is 1. The third-order valence-corrected chi connectivity index (χ3v) is 6.73. The molecule has 7 nitrogen and oxygen atoms in total. The number of piperazine rings is 1. The molecule has 8 heteroatoms. The zero-order chi connectivity index (χ0) is 21.3. The predicted molar refractivity (Wildman–Crippen MR) is 122 cm³/mol. The number of aromatic nitrogens is 2. The van der Waals surface area contributed by atoms with Crippen molar-refractivity contribution in [1.82, 2.24) is 18.8 Å². The highest BCUT2D eigenvalue weighted by molar-refractivity contribution is 7.97. The van der Waals surface area contributed by atoms with E-state index in [1.54, 1.807) is 42.8 Å². The standard InChI is InChI=1S/C22H27N5O2S/c1-15(21-24-20-9-4-16(23)14-19(20)22(28)25(21)2)26-10-12-27(13-11-26)30-18-7-5-17(29-3)6-8-18/h4-9,14-15H,10-13,23H2,1-3H3. The molecule has 1 aromatic heterocycles. The van der Waals surface area contributed by atoms with Gasteiger partial charge in [0.25, 0.3) is 5.56 Å². The first-order chi connectivity index (χ1) is 14.5. The van der Waals surface area contributed by atoms with Gasteiger partial charge in [-0.05, 0) is 61.3 Å². The van der Waals surface area contributed by atoms with Gasteiger partial charge >= 0.3 is 0 Å². The fourth-order valence-electron chi connectivity index (χ4n) is 3.81. The molecule has 1 aliphatic rings. The first kappa shape index (κ1) is 20.7. The molecule has 0 radical (unpaired) electrons. The number of hydrogen-bond acceptors (Lipinski definition) is 7. The molecule has 2 N–H and O–H groups in total. The van der Waals surface area contributed by atoms with Crippen LogP contribution in [0.3, 0.4) is 0 Å². The summed E-state index contributed by atoms with van der Waals surface area (Å²) in [6, 6.07) is 13.5. The Morgan fingerprint density at radius 2 is 1.80 bits per heavy atom. The molecular formula is C22H27N5O2S. The van der Waals surface area contributed by atoms with Crippen LogP contribution in [0, 0.1) is 0 Å². The minimum absolute atomic E-state index is 0.0529. The second-order valence-corrected chi connectivity index (χ2v) is 8.69. The fourth-order valence-corrected chi connectivity index (χ4v) is 4.71. The van der Waals surface area contributed by atoms with Crippen molar-refractivity contribution in [2.45, 2.75) is 17.9 Å². The van der Waals surface area contributed by atoms with Crippen molar-refractivity contribution in [2.75, 3.05) is 39.0 Å². The second-order valence-electron chi connectivity index (χ2n) is 7.52. The molecule has 158 valence electrons. The topological polar surface area (TPSA) is 76.6 Å². The van der Waals surface area contributed by atoms with Gasteiger partial charge in [0.15, 0.2) is 0 Å². The van der Waals surface area contributed by atoms with Gasteiger partial charge in [-0.2, -0.15) is 0 Å². The van der Waals surface area contributed by atoms with Gasteiger partial charge in [-0.25, -0.2) is 9.29 Å². The average molecular weight is 426 g/mol. The SMILES string of the molecule is COc1ccc(SN2CCN(C(C)c3nc4ccc(N)cc4c(=O)n3C)CC2)cc1. The van der Waals surface area contributed by atoms with Gasteiger partial charge in [-0.3, -0.25) is 14.3 Å². The molecule has 4 rings (SSSR count). The maximum absolute atomic E-state index is 12.8. The summed E-state index contributed by atoms with van der Waals surface area (Å²) in [6.07, 6.45) is 0. The van der Waals surface area contributed by atoms with Crippen LogP contribution in [0.15, 0.2) is 52.2 Å². The van der Waals surface area contributed by atoms with Crippen molar-refractivity contribution in [1.29, 1.82) is 0 Å². The molecular weight excluding hydrogens is 398 g/mol. The second kappa shape index (κ2) is 8.67. The lowest BCUT2D eigenvalue weighted by Gasteiger charge is -2.37. The number of methoxy groups -OCH3 is 1. The van der Waals surface area contributed by atoms with Crippen LogP contribution in [0.1, 0.15) is 18.8 Å². The molecule has 0 spiro atoms. The van der Waals surface area contributed by atoms with E-state index in [1.165, 1.54) is 4.90 Å². The van der Waals surface area contributed by atoms with Gasteiger partial charge in [0, 0.05) is 43.8 Å². The number of ether oxygens (including phenoxy) is 1. The molecule has 2 aromatic carbocycles. The highest BCUT2D eigenvalue weighted by Crippen LogP contribution is 2.28. The van der Waals surface area contributed by atoms with Crippen molar-refractivity contribution in [3.63, 3.8) is 0 Å². The van der Waals surface area contributed by atoms with Gasteiger partial charge in [0.1, 0.15) is 11.6 Å². The normalized spacial score (nSPS) is 16.6. The van der Waals surface area contributed by atoms with Gasteiger partial charge in [0.2, 0.25) is 0 Å². The van der Waals surface area contributed by atoms with Crippen LogP contribution in [0.5, 0.6) is 5.75 Å². The number of benzene rings is 2. The molecule has 1 aliphatic heterocycles. The van der Waals surface area contributed by atoms with E-state index >= 15 is 0 Å². The Hall–Kier alpha value is -2.55. The van der Waals surface area contributed by atoms with E-state index < -0.39 is 0 Å². The predicted octanol–water partition coefficient (Wildman–Crippen LogP) is 2.91. The molecule has 1 atom stereocenters. The van der Waals surface area contributed by atoms with Crippen molar-refractivity contribution < 1.29 is 4.74 Å². The third kappa shape index (κ3) is 4.16. The monoisotopic (exact) mass is 425 g/mol. The number of nitrogens with zero attached hydrogens (tertiary/aromatic N) is 4. The number of anilines is 1. The van der Waals surface area contributed by atoms with Gasteiger partial charge in [0.05, 0.1) is 24.1 Å².